The van der Waals surface area contributed by atoms with Gasteiger partial charge < -0.3 is 10.5 Å². The first-order valence-corrected chi connectivity index (χ1v) is 8.79. The van der Waals surface area contributed by atoms with Crippen molar-refractivity contribution < 1.29 is 13.2 Å². The second-order valence-corrected chi connectivity index (χ2v) is 6.76. The number of hydrogen-bond donors (Lipinski definition) is 2. The van der Waals surface area contributed by atoms with Crippen molar-refractivity contribution >= 4 is 10.0 Å². The molecule has 0 fully saturated rings. The van der Waals surface area contributed by atoms with E-state index in [1.807, 2.05) is 19.9 Å². The maximum absolute atomic E-state index is 12.5. The number of rotatable bonds is 9. The van der Waals surface area contributed by atoms with Crippen LogP contribution in [0.4, 0.5) is 0 Å². The predicted molar refractivity (Wildman–Crippen MR) is 84.6 cm³/mol. The highest BCUT2D eigenvalue weighted by atomic mass is 32.2. The van der Waals surface area contributed by atoms with Crippen LogP contribution in [0.25, 0.3) is 0 Å². The van der Waals surface area contributed by atoms with Crippen molar-refractivity contribution in [3.8, 4) is 0 Å². The quantitative estimate of drug-likeness (QED) is 0.728. The Balaban J connectivity index is 3.01. The molecule has 0 aliphatic rings. The number of hydrogen-bond acceptors (Lipinski definition) is 4. The van der Waals surface area contributed by atoms with Crippen molar-refractivity contribution in [1.29, 1.82) is 0 Å². The number of ether oxygens (including phenoxy) is 1. The van der Waals surface area contributed by atoms with Crippen LogP contribution >= 0.6 is 0 Å². The molecule has 120 valence electrons. The van der Waals surface area contributed by atoms with E-state index in [4.69, 9.17) is 10.5 Å². The lowest BCUT2D eigenvalue weighted by atomic mass is 10.1. The molecule has 0 bridgehead atoms. The van der Waals surface area contributed by atoms with Crippen LogP contribution in [0.3, 0.4) is 0 Å². The molecule has 1 rings (SSSR count). The first-order chi connectivity index (χ1) is 9.98. The maximum Gasteiger partial charge on any atom is 0.240 e. The topological polar surface area (TPSA) is 81.4 Å². The third-order valence-electron chi connectivity index (χ3n) is 3.42. The summed E-state index contributed by atoms with van der Waals surface area (Å²) in [6, 6.07) is 4.92. The average molecular weight is 314 g/mol. The molecule has 3 N–H and O–H groups in total. The number of aryl methyl sites for hydroxylation is 1. The second kappa shape index (κ2) is 8.48. The van der Waals surface area contributed by atoms with Gasteiger partial charge in [-0.15, -0.1) is 0 Å². The summed E-state index contributed by atoms with van der Waals surface area (Å²) >= 11 is 0. The summed E-state index contributed by atoms with van der Waals surface area (Å²) in [5.74, 6) is 0. The van der Waals surface area contributed by atoms with Crippen molar-refractivity contribution in [2.24, 2.45) is 5.73 Å². The summed E-state index contributed by atoms with van der Waals surface area (Å²) in [7, 11) is -1.98. The molecular weight excluding hydrogens is 288 g/mol. The molecule has 0 aliphatic heterocycles. The molecule has 21 heavy (non-hydrogen) atoms. The lowest BCUT2D eigenvalue weighted by Crippen LogP contribution is -2.37. The molecular formula is C15H26N2O3S. The van der Waals surface area contributed by atoms with Crippen LogP contribution in [-0.4, -0.2) is 28.2 Å². The van der Waals surface area contributed by atoms with Crippen molar-refractivity contribution in [2.45, 2.75) is 50.6 Å². The standard InChI is InChI=1S/C15H26N2O3S/c1-4-6-14(11-20-3)17-21(18,19)15-8-7-12(5-2)13(9-15)10-16/h7-9,14,17H,4-6,10-11,16H2,1-3H3. The number of methoxy groups -OCH3 is 1. The normalized spacial score (nSPS) is 13.3. The number of benzene rings is 1. The summed E-state index contributed by atoms with van der Waals surface area (Å²) < 4.78 is 32.7. The fourth-order valence-electron chi connectivity index (χ4n) is 2.32. The highest BCUT2D eigenvalue weighted by Gasteiger charge is 2.20. The van der Waals surface area contributed by atoms with Gasteiger partial charge >= 0.3 is 0 Å². The third-order valence-corrected chi connectivity index (χ3v) is 4.93. The maximum atomic E-state index is 12.5. The minimum Gasteiger partial charge on any atom is -0.383 e. The van der Waals surface area contributed by atoms with Gasteiger partial charge in [-0.25, -0.2) is 13.1 Å². The van der Waals surface area contributed by atoms with E-state index in [9.17, 15) is 8.42 Å². The van der Waals surface area contributed by atoms with Crippen LogP contribution in [0.2, 0.25) is 0 Å². The summed E-state index contributed by atoms with van der Waals surface area (Å²) in [5.41, 5.74) is 7.66. The summed E-state index contributed by atoms with van der Waals surface area (Å²) in [6.07, 6.45) is 2.46. The molecule has 0 heterocycles. The van der Waals surface area contributed by atoms with Crippen molar-refractivity contribution in [2.75, 3.05) is 13.7 Å². The smallest absolute Gasteiger partial charge is 0.240 e. The molecule has 0 radical (unpaired) electrons. The van der Waals surface area contributed by atoms with Gasteiger partial charge in [0, 0.05) is 19.7 Å². The summed E-state index contributed by atoms with van der Waals surface area (Å²) in [6.45, 7) is 4.74. The van der Waals surface area contributed by atoms with Gasteiger partial charge in [-0.2, -0.15) is 0 Å². The van der Waals surface area contributed by atoms with E-state index in [1.165, 1.54) is 0 Å². The van der Waals surface area contributed by atoms with Gasteiger partial charge in [0.25, 0.3) is 0 Å². The molecule has 0 aliphatic carbocycles. The molecule has 0 saturated carbocycles. The fraction of sp³-hybridized carbons (Fsp3) is 0.600. The van der Waals surface area contributed by atoms with Crippen molar-refractivity contribution in [1.82, 2.24) is 4.72 Å². The molecule has 1 aromatic rings. The Morgan fingerprint density at radius 3 is 2.52 bits per heavy atom. The molecule has 0 saturated heterocycles. The Kier molecular flexibility index (Phi) is 7.31. The van der Waals surface area contributed by atoms with Gasteiger partial charge in [0.2, 0.25) is 10.0 Å². The van der Waals surface area contributed by atoms with Gasteiger partial charge in [-0.3, -0.25) is 0 Å². The zero-order chi connectivity index (χ0) is 15.9. The van der Waals surface area contributed by atoms with E-state index in [2.05, 4.69) is 4.72 Å². The average Bonchev–Trinajstić information content (AvgIpc) is 2.46. The van der Waals surface area contributed by atoms with E-state index in [0.29, 0.717) is 13.2 Å². The second-order valence-electron chi connectivity index (χ2n) is 5.05. The minimum atomic E-state index is -3.55. The molecule has 0 spiro atoms. The van der Waals surface area contributed by atoms with Crippen LogP contribution in [0.15, 0.2) is 23.1 Å². The molecule has 1 aromatic carbocycles. The molecule has 0 amide bonds. The van der Waals surface area contributed by atoms with Crippen LogP contribution in [0.5, 0.6) is 0 Å². The summed E-state index contributed by atoms with van der Waals surface area (Å²) in [5, 5.41) is 0. The van der Waals surface area contributed by atoms with E-state index < -0.39 is 10.0 Å². The van der Waals surface area contributed by atoms with Crippen molar-refractivity contribution in [3.05, 3.63) is 29.3 Å². The minimum absolute atomic E-state index is 0.211. The molecule has 0 aromatic heterocycles. The van der Waals surface area contributed by atoms with Crippen LogP contribution < -0.4 is 10.5 Å². The van der Waals surface area contributed by atoms with E-state index in [1.54, 1.807) is 19.2 Å². The molecule has 1 unspecified atom stereocenters. The van der Waals surface area contributed by atoms with Crippen molar-refractivity contribution in [3.63, 3.8) is 0 Å². The highest BCUT2D eigenvalue weighted by molar-refractivity contribution is 7.89. The van der Waals surface area contributed by atoms with E-state index in [-0.39, 0.29) is 10.9 Å². The zero-order valence-corrected chi connectivity index (χ0v) is 13.9. The van der Waals surface area contributed by atoms with Gasteiger partial charge in [-0.05, 0) is 36.1 Å². The largest absolute Gasteiger partial charge is 0.383 e. The lowest BCUT2D eigenvalue weighted by Gasteiger charge is -2.18. The van der Waals surface area contributed by atoms with E-state index in [0.717, 1.165) is 30.4 Å². The molecule has 1 atom stereocenters. The first kappa shape index (κ1) is 18.1. The third kappa shape index (κ3) is 5.07. The number of nitrogens with two attached hydrogens (primary N) is 1. The van der Waals surface area contributed by atoms with E-state index >= 15 is 0 Å². The predicted octanol–water partition coefficient (Wildman–Crippen LogP) is 1.80. The Labute approximate surface area is 127 Å². The van der Waals surface area contributed by atoms with Crippen LogP contribution in [-0.2, 0) is 27.7 Å². The fourth-order valence-corrected chi connectivity index (χ4v) is 3.62. The summed E-state index contributed by atoms with van der Waals surface area (Å²) in [4.78, 5) is 0.261. The Bertz CT molecular complexity index is 538. The number of nitrogens with one attached hydrogen (secondary N) is 1. The lowest BCUT2D eigenvalue weighted by molar-refractivity contribution is 0.171. The van der Waals surface area contributed by atoms with Gasteiger partial charge in [0.15, 0.2) is 0 Å². The van der Waals surface area contributed by atoms with Gasteiger partial charge in [-0.1, -0.05) is 26.3 Å². The SMILES string of the molecule is CCCC(COC)NS(=O)(=O)c1ccc(CC)c(CN)c1. The first-order valence-electron chi connectivity index (χ1n) is 7.31. The number of sulfonamides is 1. The van der Waals surface area contributed by atoms with Crippen LogP contribution in [0.1, 0.15) is 37.8 Å². The molecule has 5 nitrogen and oxygen atoms in total. The monoisotopic (exact) mass is 314 g/mol. The zero-order valence-electron chi connectivity index (χ0n) is 13.1. The Hall–Kier alpha value is -0.950. The van der Waals surface area contributed by atoms with Gasteiger partial charge in [0.1, 0.15) is 0 Å². The van der Waals surface area contributed by atoms with Crippen LogP contribution in [0, 0.1) is 0 Å². The highest BCUT2D eigenvalue weighted by Crippen LogP contribution is 2.17. The Morgan fingerprint density at radius 1 is 1.29 bits per heavy atom. The molecule has 6 heteroatoms. The Morgan fingerprint density at radius 2 is 2.00 bits per heavy atom. The van der Waals surface area contributed by atoms with Gasteiger partial charge in [0.05, 0.1) is 11.5 Å².